The Balaban J connectivity index is 2.31. The molecular formula is C24H33N3O5S. The maximum atomic E-state index is 13.9. The van der Waals surface area contributed by atoms with Crippen LogP contribution in [0.2, 0.25) is 0 Å². The Kier molecular flexibility index (Phi) is 6.03. The summed E-state index contributed by atoms with van der Waals surface area (Å²) in [6, 6.07) is 2.03. The molecule has 0 radical (unpaired) electrons. The molecule has 2 aromatic rings. The molecular weight excluding hydrogens is 442 g/mol. The van der Waals surface area contributed by atoms with E-state index in [0.29, 0.717) is 11.3 Å². The topological polar surface area (TPSA) is 99.8 Å². The minimum absolute atomic E-state index is 0.0851. The molecule has 9 heteroatoms. The monoisotopic (exact) mass is 475 g/mol. The second-order valence-corrected chi connectivity index (χ2v) is 11.6. The molecule has 1 aliphatic rings. The summed E-state index contributed by atoms with van der Waals surface area (Å²) in [6.45, 7) is 14.1. The van der Waals surface area contributed by atoms with Gasteiger partial charge in [0.05, 0.1) is 17.7 Å². The van der Waals surface area contributed by atoms with Gasteiger partial charge in [-0.1, -0.05) is 38.9 Å². The zero-order valence-corrected chi connectivity index (χ0v) is 21.9. The molecule has 0 aliphatic heterocycles. The summed E-state index contributed by atoms with van der Waals surface area (Å²) in [7, 11) is -0.784. The molecule has 1 aromatic carbocycles. The lowest BCUT2D eigenvalue weighted by Crippen LogP contribution is -2.46. The molecule has 0 atom stereocenters. The molecule has 0 unspecified atom stereocenters. The van der Waals surface area contributed by atoms with Crippen LogP contribution in [0.4, 0.5) is 0 Å². The Hall–Kier alpha value is -2.68. The van der Waals surface area contributed by atoms with Gasteiger partial charge >= 0.3 is 10.1 Å². The Morgan fingerprint density at radius 1 is 1.15 bits per heavy atom. The normalized spacial score (nSPS) is 18.2. The van der Waals surface area contributed by atoms with Gasteiger partial charge in [0.1, 0.15) is 12.7 Å². The van der Waals surface area contributed by atoms with Crippen molar-refractivity contribution in [2.75, 3.05) is 13.4 Å². The van der Waals surface area contributed by atoms with Crippen molar-refractivity contribution in [3.8, 4) is 5.88 Å². The van der Waals surface area contributed by atoms with Crippen LogP contribution in [0.3, 0.4) is 0 Å². The van der Waals surface area contributed by atoms with E-state index in [1.807, 2.05) is 19.9 Å². The van der Waals surface area contributed by atoms with Crippen molar-refractivity contribution >= 4 is 21.6 Å². The molecule has 0 spiro atoms. The van der Waals surface area contributed by atoms with E-state index in [1.165, 1.54) is 11.8 Å². The molecule has 1 heterocycles. The van der Waals surface area contributed by atoms with Crippen LogP contribution in [0.25, 0.3) is 0 Å². The van der Waals surface area contributed by atoms with E-state index in [4.69, 9.17) is 9.02 Å². The third kappa shape index (κ3) is 4.07. The first-order valence-electron chi connectivity index (χ1n) is 10.8. The summed E-state index contributed by atoms with van der Waals surface area (Å²) in [4.78, 5) is 19.1. The summed E-state index contributed by atoms with van der Waals surface area (Å²) < 4.78 is 30.1. The van der Waals surface area contributed by atoms with Crippen molar-refractivity contribution in [2.24, 2.45) is 23.0 Å². The number of aryl methyl sites for hydroxylation is 3. The summed E-state index contributed by atoms with van der Waals surface area (Å²) in [5, 5.41) is 8.65. The predicted octanol–water partition coefficient (Wildman–Crippen LogP) is 3.87. The third-order valence-electron chi connectivity index (χ3n) is 7.05. The SMILES string of the molecule is CO/N=C1\c2c(cc(C)c(C(=O)c3c(C)nn(C)c3OS(C)(=O)=O)c2C)CC(C)(C)C1(C)C. The van der Waals surface area contributed by atoms with Crippen molar-refractivity contribution in [1.82, 2.24) is 9.78 Å². The van der Waals surface area contributed by atoms with Crippen molar-refractivity contribution in [3.63, 3.8) is 0 Å². The molecule has 1 aromatic heterocycles. The largest absolute Gasteiger partial charge is 0.399 e. The fourth-order valence-corrected chi connectivity index (χ4v) is 5.21. The molecule has 0 saturated heterocycles. The molecule has 33 heavy (non-hydrogen) atoms. The van der Waals surface area contributed by atoms with Crippen LogP contribution in [0.1, 0.15) is 71.6 Å². The van der Waals surface area contributed by atoms with Crippen molar-refractivity contribution in [2.45, 2.75) is 54.9 Å². The van der Waals surface area contributed by atoms with Gasteiger partial charge in [-0.05, 0) is 49.3 Å². The fourth-order valence-electron chi connectivity index (χ4n) is 4.73. The number of aromatic nitrogens is 2. The van der Waals surface area contributed by atoms with Crippen LogP contribution >= 0.6 is 0 Å². The van der Waals surface area contributed by atoms with E-state index in [0.717, 1.165) is 40.6 Å². The van der Waals surface area contributed by atoms with Gasteiger partial charge in [0.15, 0.2) is 0 Å². The van der Waals surface area contributed by atoms with Gasteiger partial charge in [-0.3, -0.25) is 4.79 Å². The second-order valence-electron chi connectivity index (χ2n) is 10.0. The number of carbonyl (C=O) groups excluding carboxylic acids is 1. The average molecular weight is 476 g/mol. The first-order valence-corrected chi connectivity index (χ1v) is 12.6. The van der Waals surface area contributed by atoms with E-state index >= 15 is 0 Å². The van der Waals surface area contributed by atoms with E-state index in [9.17, 15) is 13.2 Å². The summed E-state index contributed by atoms with van der Waals surface area (Å²) in [6.07, 6.45) is 1.76. The zero-order chi connectivity index (χ0) is 25.1. The summed E-state index contributed by atoms with van der Waals surface area (Å²) in [5.41, 5.74) is 5.00. The van der Waals surface area contributed by atoms with Crippen molar-refractivity contribution < 1.29 is 22.2 Å². The van der Waals surface area contributed by atoms with Crippen LogP contribution in [0, 0.1) is 31.6 Å². The predicted molar refractivity (Wildman–Crippen MR) is 128 cm³/mol. The van der Waals surface area contributed by atoms with E-state index in [2.05, 4.69) is 37.9 Å². The Morgan fingerprint density at radius 2 is 1.76 bits per heavy atom. The van der Waals surface area contributed by atoms with Gasteiger partial charge in [0.2, 0.25) is 11.7 Å². The lowest BCUT2D eigenvalue weighted by Gasteiger charge is -2.47. The Labute approximate surface area is 196 Å². The lowest BCUT2D eigenvalue weighted by molar-refractivity contribution is 0.103. The second kappa shape index (κ2) is 7.97. The number of ketones is 1. The molecule has 1 aliphatic carbocycles. The summed E-state index contributed by atoms with van der Waals surface area (Å²) >= 11 is 0. The number of hydrogen-bond acceptors (Lipinski definition) is 7. The number of oxime groups is 1. The van der Waals surface area contributed by atoms with Gasteiger partial charge in [0, 0.05) is 23.6 Å². The molecule has 0 amide bonds. The fraction of sp³-hybridized carbons (Fsp3) is 0.542. The molecule has 3 rings (SSSR count). The maximum absolute atomic E-state index is 13.9. The highest BCUT2D eigenvalue weighted by molar-refractivity contribution is 7.86. The highest BCUT2D eigenvalue weighted by atomic mass is 32.2. The van der Waals surface area contributed by atoms with E-state index in [-0.39, 0.29) is 28.1 Å². The standard InChI is InChI=1S/C24H33N3O5S/c1-13-11-16-12-23(4,5)24(6,7)21(26-31-9)18(16)14(2)17(13)20(28)19-15(3)25-27(8)22(19)32-33(10,29)30/h11H,12H2,1-10H3/b26-21+. The maximum Gasteiger partial charge on any atom is 0.307 e. The van der Waals surface area contributed by atoms with Crippen LogP contribution in [0.15, 0.2) is 11.2 Å². The third-order valence-corrected chi connectivity index (χ3v) is 7.51. The highest BCUT2D eigenvalue weighted by Crippen LogP contribution is 2.50. The van der Waals surface area contributed by atoms with Gasteiger partial charge in [0.25, 0.3) is 0 Å². The smallest absolute Gasteiger partial charge is 0.307 e. The van der Waals surface area contributed by atoms with Gasteiger partial charge in [-0.15, -0.1) is 0 Å². The minimum atomic E-state index is -3.85. The van der Waals surface area contributed by atoms with E-state index in [1.54, 1.807) is 14.0 Å². The number of fused-ring (bicyclic) bond motifs is 1. The van der Waals surface area contributed by atoms with Gasteiger partial charge in [-0.25, -0.2) is 4.68 Å². The van der Waals surface area contributed by atoms with Gasteiger partial charge < -0.3 is 9.02 Å². The van der Waals surface area contributed by atoms with Gasteiger partial charge in [-0.2, -0.15) is 13.5 Å². The Bertz CT molecular complexity index is 1280. The lowest BCUT2D eigenvalue weighted by atomic mass is 9.56. The Morgan fingerprint density at radius 3 is 2.30 bits per heavy atom. The van der Waals surface area contributed by atoms with Crippen LogP contribution in [-0.2, 0) is 28.4 Å². The number of carbonyl (C=O) groups is 1. The highest BCUT2D eigenvalue weighted by Gasteiger charge is 2.48. The number of nitrogens with zero attached hydrogens (tertiary/aromatic N) is 3. The van der Waals surface area contributed by atoms with Crippen LogP contribution < -0.4 is 4.18 Å². The number of hydrogen-bond donors (Lipinski definition) is 0. The quantitative estimate of drug-likeness (QED) is 0.370. The molecule has 0 N–H and O–H groups in total. The van der Waals surface area contributed by atoms with Crippen molar-refractivity contribution in [3.05, 3.63) is 45.1 Å². The van der Waals surface area contributed by atoms with E-state index < -0.39 is 10.1 Å². The molecule has 8 nitrogen and oxygen atoms in total. The first kappa shape index (κ1) is 25.0. The average Bonchev–Trinajstić information content (AvgIpc) is 2.90. The molecule has 0 bridgehead atoms. The zero-order valence-electron chi connectivity index (χ0n) is 21.1. The molecule has 0 saturated carbocycles. The van der Waals surface area contributed by atoms with Crippen LogP contribution in [-0.4, -0.2) is 43.1 Å². The van der Waals surface area contributed by atoms with Crippen LogP contribution in [0.5, 0.6) is 5.88 Å². The number of benzene rings is 1. The molecule has 0 fully saturated rings. The first-order chi connectivity index (χ1) is 15.0. The molecule has 180 valence electrons. The summed E-state index contributed by atoms with van der Waals surface area (Å²) in [5.74, 6) is -0.430. The van der Waals surface area contributed by atoms with Crippen molar-refractivity contribution in [1.29, 1.82) is 0 Å². The minimum Gasteiger partial charge on any atom is -0.399 e. The number of rotatable bonds is 5.